The number of carbonyl (C=O) groups is 1. The van der Waals surface area contributed by atoms with Gasteiger partial charge in [0, 0.05) is 29.9 Å². The first-order valence-electron chi connectivity index (χ1n) is 9.84. The summed E-state index contributed by atoms with van der Waals surface area (Å²) in [6.07, 6.45) is 1.20. The molecule has 0 saturated heterocycles. The van der Waals surface area contributed by atoms with Crippen molar-refractivity contribution in [3.63, 3.8) is 0 Å². The minimum Gasteiger partial charge on any atom is -0.392 e. The van der Waals surface area contributed by atoms with Crippen LogP contribution in [0.4, 0.5) is 10.1 Å². The molecule has 1 amide bonds. The van der Waals surface area contributed by atoms with Crippen LogP contribution < -0.4 is 10.6 Å². The van der Waals surface area contributed by atoms with E-state index >= 15 is 0 Å². The number of nitrogens with two attached hydrogens (primary N) is 1. The first-order valence-corrected chi connectivity index (χ1v) is 9.84. The number of nitrogens with zero attached hydrogens (tertiary/aromatic N) is 1. The number of benzene rings is 2. The molecule has 0 bridgehead atoms. The Labute approximate surface area is 177 Å². The van der Waals surface area contributed by atoms with Gasteiger partial charge in [0.25, 0.3) is 0 Å². The Morgan fingerprint density at radius 3 is 2.40 bits per heavy atom. The number of anilines is 1. The molecular weight excluding hydrogens is 383 g/mol. The van der Waals surface area contributed by atoms with Gasteiger partial charge in [0.1, 0.15) is 5.82 Å². The van der Waals surface area contributed by atoms with Gasteiger partial charge in [0.15, 0.2) is 0 Å². The van der Waals surface area contributed by atoms with Crippen molar-refractivity contribution in [2.24, 2.45) is 5.73 Å². The Hall–Kier alpha value is -2.96. The van der Waals surface area contributed by atoms with Gasteiger partial charge in [-0.25, -0.2) is 4.39 Å². The molecule has 0 fully saturated rings. The Morgan fingerprint density at radius 2 is 1.80 bits per heavy atom. The Bertz CT molecular complexity index is 894. The van der Waals surface area contributed by atoms with Gasteiger partial charge < -0.3 is 20.8 Å². The summed E-state index contributed by atoms with van der Waals surface area (Å²) >= 11 is 0. The lowest BCUT2D eigenvalue weighted by molar-refractivity contribution is -0.120. The van der Waals surface area contributed by atoms with E-state index in [1.165, 1.54) is 12.1 Å². The standard InChI is InChI=1S/C24H29FN2O3/c1-16(2)27(13-12-20(28)14-21(29)15-24(26)30)23-7-5-4-6-22(23)17(3)18-8-10-19(25)11-9-18/h4-13,16,20-21,28-29H,3,14-15H2,1-2H3,(H2,26,30)/b13-12+. The third-order valence-electron chi connectivity index (χ3n) is 4.68. The van der Waals surface area contributed by atoms with Crippen molar-refractivity contribution >= 4 is 17.2 Å². The van der Waals surface area contributed by atoms with E-state index in [-0.39, 0.29) is 24.7 Å². The van der Waals surface area contributed by atoms with Gasteiger partial charge in [0.05, 0.1) is 18.6 Å². The van der Waals surface area contributed by atoms with Crippen LogP contribution in [0.5, 0.6) is 0 Å². The Morgan fingerprint density at radius 1 is 1.17 bits per heavy atom. The number of para-hydroxylation sites is 1. The molecule has 0 aromatic heterocycles. The predicted molar refractivity (Wildman–Crippen MR) is 118 cm³/mol. The van der Waals surface area contributed by atoms with Crippen LogP contribution in [0.3, 0.4) is 0 Å². The first-order chi connectivity index (χ1) is 14.2. The number of hydrogen-bond donors (Lipinski definition) is 3. The summed E-state index contributed by atoms with van der Waals surface area (Å²) in [5.74, 6) is -0.921. The molecule has 0 radical (unpaired) electrons. The smallest absolute Gasteiger partial charge is 0.220 e. The summed E-state index contributed by atoms with van der Waals surface area (Å²) in [4.78, 5) is 12.9. The average molecular weight is 413 g/mol. The predicted octanol–water partition coefficient (Wildman–Crippen LogP) is 3.60. The SMILES string of the molecule is C=C(c1ccc(F)cc1)c1ccccc1N(/C=C/C(O)CC(O)CC(N)=O)C(C)C. The van der Waals surface area contributed by atoms with E-state index in [9.17, 15) is 19.4 Å². The maximum Gasteiger partial charge on any atom is 0.220 e. The maximum atomic E-state index is 13.3. The van der Waals surface area contributed by atoms with Crippen LogP contribution in [0.2, 0.25) is 0 Å². The highest BCUT2D eigenvalue weighted by atomic mass is 19.1. The van der Waals surface area contributed by atoms with E-state index in [4.69, 9.17) is 5.73 Å². The molecule has 160 valence electrons. The molecule has 0 spiro atoms. The minimum atomic E-state index is -1.000. The van der Waals surface area contributed by atoms with Crippen LogP contribution in [-0.4, -0.2) is 34.4 Å². The fraction of sp³-hybridized carbons (Fsp3) is 0.292. The largest absolute Gasteiger partial charge is 0.392 e. The van der Waals surface area contributed by atoms with Crippen molar-refractivity contribution in [1.82, 2.24) is 0 Å². The molecule has 2 rings (SSSR count). The van der Waals surface area contributed by atoms with Gasteiger partial charge >= 0.3 is 0 Å². The number of rotatable bonds is 10. The Balaban J connectivity index is 2.27. The van der Waals surface area contributed by atoms with Crippen molar-refractivity contribution in [1.29, 1.82) is 0 Å². The van der Waals surface area contributed by atoms with Crippen LogP contribution >= 0.6 is 0 Å². The number of hydrogen-bond acceptors (Lipinski definition) is 4. The molecule has 0 heterocycles. The van der Waals surface area contributed by atoms with E-state index in [2.05, 4.69) is 6.58 Å². The Kier molecular flexibility index (Phi) is 8.33. The molecule has 0 saturated carbocycles. The molecule has 0 aliphatic heterocycles. The fourth-order valence-corrected chi connectivity index (χ4v) is 3.16. The molecule has 5 nitrogen and oxygen atoms in total. The van der Waals surface area contributed by atoms with Gasteiger partial charge in [0.2, 0.25) is 5.91 Å². The van der Waals surface area contributed by atoms with Crippen LogP contribution in [0.15, 0.2) is 67.4 Å². The molecule has 2 aromatic carbocycles. The molecule has 6 heteroatoms. The van der Waals surface area contributed by atoms with E-state index in [0.717, 1.165) is 22.4 Å². The number of aliphatic hydroxyl groups is 2. The van der Waals surface area contributed by atoms with Gasteiger partial charge in [-0.15, -0.1) is 0 Å². The van der Waals surface area contributed by atoms with Crippen molar-refractivity contribution in [3.8, 4) is 0 Å². The zero-order chi connectivity index (χ0) is 22.3. The van der Waals surface area contributed by atoms with Crippen LogP contribution in [0.1, 0.15) is 37.8 Å². The number of primary amides is 1. The first kappa shape index (κ1) is 23.3. The molecular formula is C24H29FN2O3. The van der Waals surface area contributed by atoms with Gasteiger partial charge in [-0.05, 0) is 49.3 Å². The van der Waals surface area contributed by atoms with E-state index in [0.29, 0.717) is 0 Å². The molecule has 0 aliphatic carbocycles. The highest BCUT2D eigenvalue weighted by molar-refractivity contribution is 5.85. The zero-order valence-electron chi connectivity index (χ0n) is 17.3. The highest BCUT2D eigenvalue weighted by Gasteiger charge is 2.16. The molecule has 0 aliphatic rings. The lowest BCUT2D eigenvalue weighted by atomic mass is 9.97. The normalized spacial score (nSPS) is 13.4. The minimum absolute atomic E-state index is 0.00924. The number of carbonyl (C=O) groups excluding carboxylic acids is 1. The summed E-state index contributed by atoms with van der Waals surface area (Å²) in [5.41, 5.74) is 8.39. The van der Waals surface area contributed by atoms with Crippen LogP contribution in [-0.2, 0) is 4.79 Å². The van der Waals surface area contributed by atoms with Crippen molar-refractivity contribution in [3.05, 3.63) is 84.3 Å². The topological polar surface area (TPSA) is 86.8 Å². The van der Waals surface area contributed by atoms with Crippen LogP contribution in [0, 0.1) is 5.82 Å². The van der Waals surface area contributed by atoms with E-state index in [1.54, 1.807) is 24.4 Å². The van der Waals surface area contributed by atoms with Gasteiger partial charge in [-0.2, -0.15) is 0 Å². The summed E-state index contributed by atoms with van der Waals surface area (Å²) in [6.45, 7) is 8.21. The molecule has 2 atom stereocenters. The highest BCUT2D eigenvalue weighted by Crippen LogP contribution is 2.32. The van der Waals surface area contributed by atoms with Gasteiger partial charge in [-0.1, -0.05) is 36.9 Å². The average Bonchev–Trinajstić information content (AvgIpc) is 2.67. The van der Waals surface area contributed by atoms with Crippen LogP contribution in [0.25, 0.3) is 5.57 Å². The number of amides is 1. The number of aliphatic hydroxyl groups excluding tert-OH is 2. The lowest BCUT2D eigenvalue weighted by Gasteiger charge is -2.28. The summed E-state index contributed by atoms with van der Waals surface area (Å²) in [6, 6.07) is 13.9. The molecule has 30 heavy (non-hydrogen) atoms. The van der Waals surface area contributed by atoms with Crippen molar-refractivity contribution < 1.29 is 19.4 Å². The lowest BCUT2D eigenvalue weighted by Crippen LogP contribution is -2.27. The zero-order valence-corrected chi connectivity index (χ0v) is 17.3. The van der Waals surface area contributed by atoms with E-state index in [1.807, 2.05) is 43.0 Å². The van der Waals surface area contributed by atoms with E-state index < -0.39 is 18.1 Å². The maximum absolute atomic E-state index is 13.3. The third kappa shape index (κ3) is 6.54. The quantitative estimate of drug-likeness (QED) is 0.556. The molecule has 2 aromatic rings. The summed E-state index contributed by atoms with van der Waals surface area (Å²) < 4.78 is 13.3. The second-order valence-corrected chi connectivity index (χ2v) is 7.47. The second kappa shape index (κ2) is 10.7. The van der Waals surface area contributed by atoms with Gasteiger partial charge in [-0.3, -0.25) is 4.79 Å². The molecule has 2 unspecified atom stereocenters. The molecule has 4 N–H and O–H groups in total. The summed E-state index contributed by atoms with van der Waals surface area (Å²) in [7, 11) is 0. The summed E-state index contributed by atoms with van der Waals surface area (Å²) in [5, 5.41) is 20.0. The fourth-order valence-electron chi connectivity index (χ4n) is 3.16. The van der Waals surface area contributed by atoms with Crippen molar-refractivity contribution in [2.45, 2.75) is 44.9 Å². The monoisotopic (exact) mass is 412 g/mol. The van der Waals surface area contributed by atoms with Crippen molar-refractivity contribution in [2.75, 3.05) is 4.90 Å². The number of halogens is 1. The third-order valence-corrected chi connectivity index (χ3v) is 4.68. The second-order valence-electron chi connectivity index (χ2n) is 7.47.